The molecule has 0 saturated carbocycles. The lowest BCUT2D eigenvalue weighted by Gasteiger charge is -2.18. The molecule has 0 aliphatic heterocycles. The fourth-order valence-corrected chi connectivity index (χ4v) is 3.99. The molecule has 37 heavy (non-hydrogen) atoms. The largest absolute Gasteiger partial charge is 0.494 e. The Kier molecular flexibility index (Phi) is 7.23. The van der Waals surface area contributed by atoms with Crippen molar-refractivity contribution in [2.24, 2.45) is 7.05 Å². The molecule has 0 aliphatic carbocycles. The van der Waals surface area contributed by atoms with Crippen molar-refractivity contribution in [3.05, 3.63) is 70.1 Å². The van der Waals surface area contributed by atoms with E-state index in [2.05, 4.69) is 26.0 Å². The monoisotopic (exact) mass is 533 g/mol. The van der Waals surface area contributed by atoms with Gasteiger partial charge in [0.2, 0.25) is 0 Å². The van der Waals surface area contributed by atoms with E-state index in [9.17, 15) is 18.0 Å². The minimum atomic E-state index is -4.61. The molecule has 2 aromatic carbocycles. The van der Waals surface area contributed by atoms with Crippen molar-refractivity contribution in [1.82, 2.24) is 30.1 Å². The average molecular weight is 534 g/mol. The van der Waals surface area contributed by atoms with Crippen LogP contribution in [0.4, 0.5) is 18.9 Å². The standard InChI is InChI=1S/C24H23ClF3N7O2/c1-13-17(11-30-34(13)3)20-12-35(33-32-20)21-8-14(5-6-18(21)25)23(36)31-19-9-16(24(26,27)28)7-15(10-29-2)22(19)37-4/h5-9,11-12,29H,10H2,1-4H3,(H,31,36). The van der Waals surface area contributed by atoms with E-state index in [1.165, 1.54) is 30.0 Å². The summed E-state index contributed by atoms with van der Waals surface area (Å²) in [6, 6.07) is 6.25. The van der Waals surface area contributed by atoms with Gasteiger partial charge in [-0.25, -0.2) is 4.68 Å². The number of carbonyl (C=O) groups excluding carboxylic acids is 1. The number of alkyl halides is 3. The zero-order chi connectivity index (χ0) is 26.9. The van der Waals surface area contributed by atoms with Crippen LogP contribution in [0.1, 0.15) is 27.2 Å². The van der Waals surface area contributed by atoms with E-state index < -0.39 is 17.6 Å². The SMILES string of the molecule is CNCc1cc(C(F)(F)F)cc(NC(=O)c2ccc(Cl)c(-n3cc(-c4cnn(C)c4C)nn3)c2)c1OC. The van der Waals surface area contributed by atoms with Gasteiger partial charge in [0, 0.05) is 36.0 Å². The molecule has 0 spiro atoms. The lowest BCUT2D eigenvalue weighted by molar-refractivity contribution is -0.137. The molecule has 0 aliphatic rings. The van der Waals surface area contributed by atoms with Gasteiger partial charge in [-0.15, -0.1) is 5.10 Å². The van der Waals surface area contributed by atoms with Gasteiger partial charge in [0.15, 0.2) is 0 Å². The number of ether oxygens (including phenoxy) is 1. The molecule has 2 aromatic heterocycles. The number of nitrogens with one attached hydrogen (secondary N) is 2. The Morgan fingerprint density at radius 1 is 1.22 bits per heavy atom. The number of methoxy groups -OCH3 is 1. The van der Waals surface area contributed by atoms with E-state index >= 15 is 0 Å². The van der Waals surface area contributed by atoms with E-state index in [-0.39, 0.29) is 29.1 Å². The molecule has 4 aromatic rings. The molecule has 0 atom stereocenters. The third-order valence-corrected chi connectivity index (χ3v) is 6.09. The first-order chi connectivity index (χ1) is 17.5. The fraction of sp³-hybridized carbons (Fsp3) is 0.250. The zero-order valence-electron chi connectivity index (χ0n) is 20.3. The number of aryl methyl sites for hydroxylation is 1. The first kappa shape index (κ1) is 26.2. The van der Waals surface area contributed by atoms with Gasteiger partial charge in [-0.3, -0.25) is 9.48 Å². The Bertz CT molecular complexity index is 1460. The molecule has 9 nitrogen and oxygen atoms in total. The van der Waals surface area contributed by atoms with Crippen LogP contribution in [0.2, 0.25) is 5.02 Å². The predicted octanol–water partition coefficient (Wildman–Crippen LogP) is 4.63. The van der Waals surface area contributed by atoms with Crippen molar-refractivity contribution >= 4 is 23.2 Å². The predicted molar refractivity (Wildman–Crippen MR) is 132 cm³/mol. The number of anilines is 1. The van der Waals surface area contributed by atoms with Gasteiger partial charge < -0.3 is 15.4 Å². The second-order valence-electron chi connectivity index (χ2n) is 8.18. The number of amides is 1. The first-order valence-electron chi connectivity index (χ1n) is 11.0. The lowest BCUT2D eigenvalue weighted by Crippen LogP contribution is -2.17. The molecule has 0 saturated heterocycles. The summed E-state index contributed by atoms with van der Waals surface area (Å²) >= 11 is 6.37. The highest BCUT2D eigenvalue weighted by Gasteiger charge is 2.33. The zero-order valence-corrected chi connectivity index (χ0v) is 21.1. The van der Waals surface area contributed by atoms with Gasteiger partial charge in [0.25, 0.3) is 5.91 Å². The molecular formula is C24H23ClF3N7O2. The number of aromatic nitrogens is 5. The normalized spacial score (nSPS) is 11.6. The summed E-state index contributed by atoms with van der Waals surface area (Å²) in [5.74, 6) is -0.535. The molecular weight excluding hydrogens is 511 g/mol. The molecule has 2 N–H and O–H groups in total. The molecule has 4 rings (SSSR count). The van der Waals surface area contributed by atoms with Crippen LogP contribution >= 0.6 is 11.6 Å². The van der Waals surface area contributed by atoms with Gasteiger partial charge >= 0.3 is 6.18 Å². The maximum atomic E-state index is 13.5. The van der Waals surface area contributed by atoms with Crippen molar-refractivity contribution in [3.63, 3.8) is 0 Å². The third kappa shape index (κ3) is 5.30. The Hall–Kier alpha value is -3.90. The minimum Gasteiger partial charge on any atom is -0.494 e. The summed E-state index contributed by atoms with van der Waals surface area (Å²) in [7, 11) is 4.73. The topological polar surface area (TPSA) is 98.9 Å². The fourth-order valence-electron chi connectivity index (χ4n) is 3.79. The van der Waals surface area contributed by atoms with Crippen molar-refractivity contribution in [1.29, 1.82) is 0 Å². The van der Waals surface area contributed by atoms with Crippen LogP contribution in [0.5, 0.6) is 5.75 Å². The second-order valence-corrected chi connectivity index (χ2v) is 8.59. The second kappa shape index (κ2) is 10.2. The summed E-state index contributed by atoms with van der Waals surface area (Å²) in [5.41, 5.74) is 1.96. The Morgan fingerprint density at radius 2 is 1.97 bits per heavy atom. The Labute approximate surface area is 215 Å². The minimum absolute atomic E-state index is 0.103. The summed E-state index contributed by atoms with van der Waals surface area (Å²) in [4.78, 5) is 13.1. The van der Waals surface area contributed by atoms with Crippen LogP contribution in [0.15, 0.2) is 42.7 Å². The van der Waals surface area contributed by atoms with E-state index in [1.807, 2.05) is 14.0 Å². The number of hydrogen-bond donors (Lipinski definition) is 2. The number of carbonyl (C=O) groups is 1. The van der Waals surface area contributed by atoms with Gasteiger partial charge in [-0.05, 0) is 44.3 Å². The van der Waals surface area contributed by atoms with Crippen LogP contribution < -0.4 is 15.4 Å². The van der Waals surface area contributed by atoms with Crippen molar-refractivity contribution < 1.29 is 22.7 Å². The van der Waals surface area contributed by atoms with Crippen LogP contribution in [0, 0.1) is 6.92 Å². The van der Waals surface area contributed by atoms with Gasteiger partial charge in [0.1, 0.15) is 11.4 Å². The molecule has 0 fully saturated rings. The highest BCUT2D eigenvalue weighted by molar-refractivity contribution is 6.32. The number of halogens is 4. The van der Waals surface area contributed by atoms with Crippen molar-refractivity contribution in [3.8, 4) is 22.7 Å². The summed E-state index contributed by atoms with van der Waals surface area (Å²) < 4.78 is 49.0. The summed E-state index contributed by atoms with van der Waals surface area (Å²) in [6.45, 7) is 2.00. The maximum absolute atomic E-state index is 13.5. The molecule has 194 valence electrons. The van der Waals surface area contributed by atoms with Crippen LogP contribution in [0.25, 0.3) is 16.9 Å². The maximum Gasteiger partial charge on any atom is 0.416 e. The average Bonchev–Trinajstić information content (AvgIpc) is 3.45. The van der Waals surface area contributed by atoms with E-state index in [0.717, 1.165) is 23.4 Å². The highest BCUT2D eigenvalue weighted by atomic mass is 35.5. The van der Waals surface area contributed by atoms with E-state index in [4.69, 9.17) is 16.3 Å². The molecule has 0 bridgehead atoms. The van der Waals surface area contributed by atoms with Crippen molar-refractivity contribution in [2.45, 2.75) is 19.6 Å². The number of rotatable bonds is 7. The Balaban J connectivity index is 1.68. The molecule has 1 amide bonds. The lowest BCUT2D eigenvalue weighted by atomic mass is 10.1. The van der Waals surface area contributed by atoms with E-state index in [0.29, 0.717) is 16.4 Å². The highest BCUT2D eigenvalue weighted by Crippen LogP contribution is 2.38. The van der Waals surface area contributed by atoms with E-state index in [1.54, 1.807) is 24.1 Å². The Morgan fingerprint density at radius 3 is 2.59 bits per heavy atom. The third-order valence-electron chi connectivity index (χ3n) is 5.77. The van der Waals surface area contributed by atoms with Gasteiger partial charge in [-0.2, -0.15) is 18.3 Å². The summed E-state index contributed by atoms with van der Waals surface area (Å²) in [6.07, 6.45) is -1.30. The molecule has 2 heterocycles. The molecule has 13 heteroatoms. The van der Waals surface area contributed by atoms with Crippen LogP contribution in [0.3, 0.4) is 0 Å². The molecule has 0 radical (unpaired) electrons. The van der Waals surface area contributed by atoms with Crippen molar-refractivity contribution in [2.75, 3.05) is 19.5 Å². The van der Waals surface area contributed by atoms with Gasteiger partial charge in [0.05, 0.1) is 41.5 Å². The summed E-state index contributed by atoms with van der Waals surface area (Å²) in [5, 5.41) is 18.1. The van der Waals surface area contributed by atoms with Crippen LogP contribution in [-0.4, -0.2) is 44.8 Å². The first-order valence-corrected chi connectivity index (χ1v) is 11.4. The number of hydrogen-bond acceptors (Lipinski definition) is 6. The van der Waals surface area contributed by atoms with Gasteiger partial charge in [-0.1, -0.05) is 16.8 Å². The van der Waals surface area contributed by atoms with Crippen LogP contribution in [-0.2, 0) is 19.8 Å². The number of nitrogens with zero attached hydrogens (tertiary/aromatic N) is 5. The quantitative estimate of drug-likeness (QED) is 0.359. The molecule has 0 unspecified atom stereocenters. The smallest absolute Gasteiger partial charge is 0.416 e. The number of benzene rings is 2.